The number of nitrogens with zero attached hydrogens (tertiary/aromatic N) is 2. The summed E-state index contributed by atoms with van der Waals surface area (Å²) in [5, 5.41) is 12.3. The second-order valence-electron chi connectivity index (χ2n) is 7.79. The van der Waals surface area contributed by atoms with Crippen LogP contribution < -0.4 is 15.1 Å². The van der Waals surface area contributed by atoms with Crippen molar-refractivity contribution in [3.05, 3.63) is 58.7 Å². The number of fused-ring (bicyclic) bond motifs is 1. The maximum absolute atomic E-state index is 13.1. The minimum atomic E-state index is -0.796. The number of hydrogen-bond acceptors (Lipinski definition) is 3. The van der Waals surface area contributed by atoms with Crippen molar-refractivity contribution in [1.29, 1.82) is 0 Å². The fourth-order valence-corrected chi connectivity index (χ4v) is 4.21. The minimum Gasteiger partial charge on any atom is -0.481 e. The summed E-state index contributed by atoms with van der Waals surface area (Å²) in [7, 11) is 0. The number of rotatable bonds is 5. The Balaban J connectivity index is 0.00000256. The van der Waals surface area contributed by atoms with Crippen LogP contribution in [-0.4, -0.2) is 43.3 Å². The van der Waals surface area contributed by atoms with Crippen molar-refractivity contribution in [2.24, 2.45) is 0 Å². The lowest BCUT2D eigenvalue weighted by molar-refractivity contribution is -0.136. The molecule has 0 spiro atoms. The van der Waals surface area contributed by atoms with Crippen molar-refractivity contribution < 1.29 is 14.7 Å². The quantitative estimate of drug-likeness (QED) is 0.762. The fraction of sp³-hybridized carbons (Fsp3) is 0.391. The van der Waals surface area contributed by atoms with Crippen LogP contribution in [0, 0.1) is 6.92 Å². The maximum Gasteiger partial charge on any atom is 0.329 e. The van der Waals surface area contributed by atoms with Gasteiger partial charge in [-0.25, -0.2) is 4.79 Å². The Hall–Kier alpha value is -2.57. The first-order valence-electron chi connectivity index (χ1n) is 10.3. The van der Waals surface area contributed by atoms with E-state index in [1.54, 1.807) is 4.90 Å². The van der Waals surface area contributed by atoms with Gasteiger partial charge in [0.05, 0.1) is 0 Å². The number of aryl methyl sites for hydroxylation is 2. The molecule has 0 aromatic heterocycles. The predicted octanol–water partition coefficient (Wildman–Crippen LogP) is 3.57. The number of halogens is 1. The average molecular weight is 430 g/mol. The van der Waals surface area contributed by atoms with E-state index >= 15 is 0 Å². The van der Waals surface area contributed by atoms with Gasteiger partial charge in [-0.2, -0.15) is 0 Å². The van der Waals surface area contributed by atoms with Gasteiger partial charge in [-0.05, 0) is 85.8 Å². The molecule has 2 aromatic rings. The molecule has 2 aromatic carbocycles. The van der Waals surface area contributed by atoms with Crippen molar-refractivity contribution in [2.75, 3.05) is 36.0 Å². The molecule has 0 unspecified atom stereocenters. The Labute approximate surface area is 183 Å². The largest absolute Gasteiger partial charge is 0.481 e. The number of nitrogens with one attached hydrogen (secondary N) is 1. The third-order valence-corrected chi connectivity index (χ3v) is 5.90. The Morgan fingerprint density at radius 2 is 1.63 bits per heavy atom. The number of amides is 2. The third-order valence-electron chi connectivity index (χ3n) is 5.90. The number of urea groups is 1. The molecule has 0 aliphatic carbocycles. The number of carboxylic acid groups (broad SMARTS) is 1. The monoisotopic (exact) mass is 429 g/mol. The van der Waals surface area contributed by atoms with Crippen LogP contribution in [0.25, 0.3) is 0 Å². The lowest BCUT2D eigenvalue weighted by Crippen LogP contribution is -2.31. The number of aliphatic carboxylic acids is 1. The zero-order chi connectivity index (χ0) is 20.4. The summed E-state index contributed by atoms with van der Waals surface area (Å²) in [6.07, 6.45) is 2.64. The van der Waals surface area contributed by atoms with Crippen molar-refractivity contribution in [1.82, 2.24) is 5.32 Å². The van der Waals surface area contributed by atoms with E-state index in [0.717, 1.165) is 48.4 Å². The van der Waals surface area contributed by atoms with E-state index in [1.807, 2.05) is 30.0 Å². The van der Waals surface area contributed by atoms with Crippen LogP contribution in [0.2, 0.25) is 0 Å². The molecule has 2 aliphatic heterocycles. The standard InChI is InChI=1S/C23H27N3O3.ClH/c1-16-14-20(5-2-17(16)4-7-22(27)28)25-12-13-26(23(25)29)21-6-3-18-8-10-24-11-9-19(18)15-21;/h2-3,5-6,14-15,24H,4,7-13H2,1H3,(H,27,28);1H. The van der Waals surface area contributed by atoms with Gasteiger partial charge in [0.1, 0.15) is 0 Å². The number of carboxylic acids is 1. The molecule has 4 rings (SSSR count). The molecule has 2 aliphatic rings. The van der Waals surface area contributed by atoms with Crippen LogP contribution in [0.3, 0.4) is 0 Å². The van der Waals surface area contributed by atoms with Gasteiger partial charge in [-0.1, -0.05) is 12.1 Å². The first kappa shape index (κ1) is 22.1. The average Bonchev–Trinajstić information content (AvgIpc) is 2.93. The van der Waals surface area contributed by atoms with E-state index in [0.29, 0.717) is 19.5 Å². The number of hydrogen-bond donors (Lipinski definition) is 2. The van der Waals surface area contributed by atoms with Gasteiger partial charge in [0.2, 0.25) is 0 Å². The predicted molar refractivity (Wildman–Crippen MR) is 121 cm³/mol. The van der Waals surface area contributed by atoms with E-state index in [9.17, 15) is 9.59 Å². The zero-order valence-corrected chi connectivity index (χ0v) is 18.0. The first-order valence-corrected chi connectivity index (χ1v) is 10.3. The molecule has 7 heteroatoms. The van der Waals surface area contributed by atoms with Crippen LogP contribution in [0.5, 0.6) is 0 Å². The second-order valence-corrected chi connectivity index (χ2v) is 7.79. The number of benzene rings is 2. The van der Waals surface area contributed by atoms with Crippen molar-refractivity contribution in [2.45, 2.75) is 32.6 Å². The third kappa shape index (κ3) is 4.60. The number of anilines is 2. The van der Waals surface area contributed by atoms with E-state index < -0.39 is 5.97 Å². The summed E-state index contributed by atoms with van der Waals surface area (Å²) >= 11 is 0. The number of carbonyl (C=O) groups excluding carboxylic acids is 1. The van der Waals surface area contributed by atoms with E-state index in [2.05, 4.69) is 23.5 Å². The van der Waals surface area contributed by atoms with Crippen molar-refractivity contribution in [3.8, 4) is 0 Å². The molecule has 2 amide bonds. The molecular weight excluding hydrogens is 402 g/mol. The van der Waals surface area contributed by atoms with E-state index in [-0.39, 0.29) is 24.9 Å². The highest BCUT2D eigenvalue weighted by molar-refractivity contribution is 6.06. The molecular formula is C23H28ClN3O3. The van der Waals surface area contributed by atoms with E-state index in [1.165, 1.54) is 11.1 Å². The zero-order valence-electron chi connectivity index (χ0n) is 17.2. The van der Waals surface area contributed by atoms with Gasteiger partial charge in [0.25, 0.3) is 0 Å². The Morgan fingerprint density at radius 3 is 2.30 bits per heavy atom. The summed E-state index contributed by atoms with van der Waals surface area (Å²) in [6, 6.07) is 12.2. The highest BCUT2D eigenvalue weighted by Gasteiger charge is 2.31. The van der Waals surface area contributed by atoms with Crippen molar-refractivity contribution in [3.63, 3.8) is 0 Å². The smallest absolute Gasteiger partial charge is 0.329 e. The molecule has 160 valence electrons. The van der Waals surface area contributed by atoms with Crippen molar-refractivity contribution >= 4 is 35.8 Å². The Morgan fingerprint density at radius 1 is 1.00 bits per heavy atom. The molecule has 2 heterocycles. The maximum atomic E-state index is 13.1. The Kier molecular flexibility index (Phi) is 7.00. The number of carbonyl (C=O) groups is 2. The molecule has 0 bridgehead atoms. The summed E-state index contributed by atoms with van der Waals surface area (Å²) in [4.78, 5) is 27.6. The van der Waals surface area contributed by atoms with Gasteiger partial charge >= 0.3 is 12.0 Å². The van der Waals surface area contributed by atoms with Gasteiger partial charge in [-0.15, -0.1) is 12.4 Å². The van der Waals surface area contributed by atoms with Crippen LogP contribution in [0.15, 0.2) is 36.4 Å². The SMILES string of the molecule is Cc1cc(N2CCN(c3ccc4c(c3)CCNCC4)C2=O)ccc1CCC(=O)O.Cl. The molecule has 30 heavy (non-hydrogen) atoms. The highest BCUT2D eigenvalue weighted by Crippen LogP contribution is 2.29. The minimum absolute atomic E-state index is 0. The molecule has 0 atom stereocenters. The van der Waals surface area contributed by atoms with Crippen LogP contribution >= 0.6 is 12.4 Å². The Bertz CT molecular complexity index is 947. The molecule has 0 radical (unpaired) electrons. The van der Waals surface area contributed by atoms with Gasteiger partial charge in [0.15, 0.2) is 0 Å². The van der Waals surface area contributed by atoms with E-state index in [4.69, 9.17) is 5.11 Å². The van der Waals surface area contributed by atoms with Gasteiger partial charge < -0.3 is 10.4 Å². The lowest BCUT2D eigenvalue weighted by atomic mass is 10.0. The van der Waals surface area contributed by atoms with Gasteiger partial charge in [0, 0.05) is 30.9 Å². The molecule has 2 N–H and O–H groups in total. The second kappa shape index (κ2) is 9.49. The van der Waals surface area contributed by atoms with Crippen LogP contribution in [0.4, 0.5) is 16.2 Å². The molecule has 1 fully saturated rings. The summed E-state index contributed by atoms with van der Waals surface area (Å²) in [5.41, 5.74) is 6.57. The summed E-state index contributed by atoms with van der Waals surface area (Å²) in [5.74, 6) is -0.796. The molecule has 6 nitrogen and oxygen atoms in total. The summed E-state index contributed by atoms with van der Waals surface area (Å²) in [6.45, 7) is 5.26. The molecule has 0 saturated carbocycles. The summed E-state index contributed by atoms with van der Waals surface area (Å²) < 4.78 is 0. The van der Waals surface area contributed by atoms with Crippen LogP contribution in [0.1, 0.15) is 28.7 Å². The van der Waals surface area contributed by atoms with Crippen LogP contribution in [-0.2, 0) is 24.1 Å². The first-order chi connectivity index (χ1) is 14.0. The topological polar surface area (TPSA) is 72.9 Å². The normalized spacial score (nSPS) is 16.1. The fourth-order valence-electron chi connectivity index (χ4n) is 4.21. The highest BCUT2D eigenvalue weighted by atomic mass is 35.5. The molecule has 1 saturated heterocycles. The lowest BCUT2D eigenvalue weighted by Gasteiger charge is -2.21. The van der Waals surface area contributed by atoms with Gasteiger partial charge in [-0.3, -0.25) is 14.6 Å².